The SMILES string of the molecule is CC1CC(NS(C)(=O)=O)C(CO[C@H]2CC[C@@]3(c4ncc(F)cn4)C[C@H]3C2)N1C(=O)O. The number of nitrogens with zero attached hydrogens (tertiary/aromatic N) is 3. The molecular formula is C19H27FN4O5S. The molecule has 30 heavy (non-hydrogen) atoms. The van der Waals surface area contributed by atoms with Gasteiger partial charge in [-0.3, -0.25) is 4.90 Å². The number of hydrogen-bond donors (Lipinski definition) is 2. The molecule has 2 N–H and O–H groups in total. The predicted molar refractivity (Wildman–Crippen MR) is 105 cm³/mol. The summed E-state index contributed by atoms with van der Waals surface area (Å²) in [7, 11) is -3.47. The van der Waals surface area contributed by atoms with Gasteiger partial charge in [0, 0.05) is 17.5 Å². The quantitative estimate of drug-likeness (QED) is 0.685. The van der Waals surface area contributed by atoms with Crippen LogP contribution < -0.4 is 4.72 Å². The molecule has 4 rings (SSSR count). The molecule has 0 aromatic carbocycles. The van der Waals surface area contributed by atoms with Gasteiger partial charge in [0.15, 0.2) is 5.82 Å². The lowest BCUT2D eigenvalue weighted by Gasteiger charge is -2.32. The number of carbonyl (C=O) groups is 1. The van der Waals surface area contributed by atoms with E-state index in [1.54, 1.807) is 6.92 Å². The van der Waals surface area contributed by atoms with Gasteiger partial charge in [-0.15, -0.1) is 0 Å². The van der Waals surface area contributed by atoms with Crippen molar-refractivity contribution in [3.8, 4) is 0 Å². The minimum absolute atomic E-state index is 0.0310. The number of rotatable bonds is 6. The van der Waals surface area contributed by atoms with Crippen molar-refractivity contribution in [3.63, 3.8) is 0 Å². The second kappa shape index (κ2) is 7.69. The fourth-order valence-corrected chi connectivity index (χ4v) is 6.08. The average molecular weight is 443 g/mol. The first-order valence-electron chi connectivity index (χ1n) is 10.2. The lowest BCUT2D eigenvalue weighted by molar-refractivity contribution is -0.00875. The van der Waals surface area contributed by atoms with Crippen molar-refractivity contribution in [2.75, 3.05) is 12.9 Å². The summed E-state index contributed by atoms with van der Waals surface area (Å²) in [6.07, 6.45) is 6.13. The second-order valence-corrected chi connectivity index (χ2v) is 10.6. The normalized spacial score (nSPS) is 35.8. The van der Waals surface area contributed by atoms with Gasteiger partial charge in [-0.1, -0.05) is 0 Å². The predicted octanol–water partition coefficient (Wildman–Crippen LogP) is 1.50. The first-order valence-corrected chi connectivity index (χ1v) is 12.1. The zero-order valence-electron chi connectivity index (χ0n) is 17.0. The lowest BCUT2D eigenvalue weighted by Crippen LogP contribution is -2.50. The molecule has 1 amide bonds. The number of carboxylic acid groups (broad SMARTS) is 1. The molecule has 1 aliphatic heterocycles. The summed E-state index contributed by atoms with van der Waals surface area (Å²) in [6.45, 7) is 1.91. The number of ether oxygens (including phenoxy) is 1. The molecule has 2 aliphatic carbocycles. The third-order valence-corrected chi connectivity index (χ3v) is 7.47. The molecule has 2 saturated carbocycles. The number of sulfonamides is 1. The summed E-state index contributed by atoms with van der Waals surface area (Å²) < 4.78 is 45.2. The molecule has 0 spiro atoms. The van der Waals surface area contributed by atoms with E-state index in [2.05, 4.69) is 14.7 Å². The van der Waals surface area contributed by atoms with Crippen molar-refractivity contribution in [3.05, 3.63) is 24.0 Å². The molecule has 1 saturated heterocycles. The van der Waals surface area contributed by atoms with Crippen LogP contribution in [0, 0.1) is 11.7 Å². The summed E-state index contributed by atoms with van der Waals surface area (Å²) in [6, 6.07) is -1.38. The molecule has 3 aliphatic rings. The van der Waals surface area contributed by atoms with Gasteiger partial charge in [0.25, 0.3) is 0 Å². The molecule has 9 nitrogen and oxygen atoms in total. The van der Waals surface area contributed by atoms with E-state index in [4.69, 9.17) is 4.74 Å². The Kier molecular flexibility index (Phi) is 5.48. The maximum Gasteiger partial charge on any atom is 0.407 e. The van der Waals surface area contributed by atoms with E-state index in [0.717, 1.165) is 31.9 Å². The van der Waals surface area contributed by atoms with Gasteiger partial charge >= 0.3 is 6.09 Å². The van der Waals surface area contributed by atoms with Crippen LogP contribution >= 0.6 is 0 Å². The number of amides is 1. The van der Waals surface area contributed by atoms with Gasteiger partial charge < -0.3 is 9.84 Å². The van der Waals surface area contributed by atoms with Gasteiger partial charge in [0.2, 0.25) is 10.0 Å². The Morgan fingerprint density at radius 2 is 2.10 bits per heavy atom. The van der Waals surface area contributed by atoms with Crippen molar-refractivity contribution in [1.82, 2.24) is 19.6 Å². The molecule has 2 heterocycles. The number of fused-ring (bicyclic) bond motifs is 1. The van der Waals surface area contributed by atoms with Crippen molar-refractivity contribution in [1.29, 1.82) is 0 Å². The number of hydrogen-bond acceptors (Lipinski definition) is 6. The molecule has 3 fully saturated rings. The zero-order valence-corrected chi connectivity index (χ0v) is 17.8. The van der Waals surface area contributed by atoms with Crippen LogP contribution in [0.2, 0.25) is 0 Å². The standard InChI is InChI=1S/C19H27FN4O5S/c1-11-5-15(23-30(2,27)28)16(24(11)18(25)26)10-29-14-3-4-19(7-12(19)6-14)17-21-8-13(20)9-22-17/h8-9,11-12,14-16,23H,3-7,10H2,1-2H3,(H,25,26)/t11?,12-,14+,15?,16?,19-/m1/s1. The van der Waals surface area contributed by atoms with Crippen LogP contribution in [0.15, 0.2) is 12.4 Å². The highest BCUT2D eigenvalue weighted by Gasteiger charge is 2.60. The van der Waals surface area contributed by atoms with E-state index in [9.17, 15) is 22.7 Å². The summed E-state index contributed by atoms with van der Waals surface area (Å²) in [5.41, 5.74) is -0.0943. The third kappa shape index (κ3) is 4.15. The Bertz CT molecular complexity index is 914. The Balaban J connectivity index is 1.38. The monoisotopic (exact) mass is 442 g/mol. The highest BCUT2D eigenvalue weighted by atomic mass is 32.2. The molecule has 0 bridgehead atoms. The van der Waals surface area contributed by atoms with Crippen molar-refractivity contribution < 1.29 is 27.4 Å². The van der Waals surface area contributed by atoms with E-state index in [-0.39, 0.29) is 24.2 Å². The van der Waals surface area contributed by atoms with E-state index in [0.29, 0.717) is 18.2 Å². The van der Waals surface area contributed by atoms with E-state index < -0.39 is 34.0 Å². The Morgan fingerprint density at radius 3 is 2.70 bits per heavy atom. The highest BCUT2D eigenvalue weighted by molar-refractivity contribution is 7.88. The van der Waals surface area contributed by atoms with Gasteiger partial charge in [-0.25, -0.2) is 32.3 Å². The van der Waals surface area contributed by atoms with Crippen LogP contribution in [-0.2, 0) is 20.2 Å². The average Bonchev–Trinajstić information content (AvgIpc) is 3.30. The maximum atomic E-state index is 13.1. The minimum Gasteiger partial charge on any atom is -0.465 e. The summed E-state index contributed by atoms with van der Waals surface area (Å²) in [5, 5.41) is 9.59. The molecule has 11 heteroatoms. The lowest BCUT2D eigenvalue weighted by atomic mass is 9.86. The minimum atomic E-state index is -3.47. The zero-order chi connectivity index (χ0) is 21.7. The van der Waals surface area contributed by atoms with Gasteiger partial charge in [0.1, 0.15) is 5.82 Å². The largest absolute Gasteiger partial charge is 0.465 e. The van der Waals surface area contributed by atoms with Crippen LogP contribution in [0.4, 0.5) is 9.18 Å². The summed E-state index contributed by atoms with van der Waals surface area (Å²) in [4.78, 5) is 21.3. The maximum absolute atomic E-state index is 13.1. The Morgan fingerprint density at radius 1 is 1.40 bits per heavy atom. The first-order chi connectivity index (χ1) is 14.1. The molecule has 6 atom stereocenters. The smallest absolute Gasteiger partial charge is 0.407 e. The number of nitrogens with one attached hydrogen (secondary N) is 1. The molecule has 0 radical (unpaired) electrons. The molecule has 3 unspecified atom stereocenters. The van der Waals surface area contributed by atoms with Crippen molar-refractivity contribution in [2.45, 2.75) is 68.7 Å². The van der Waals surface area contributed by atoms with Crippen LogP contribution in [0.5, 0.6) is 0 Å². The third-order valence-electron chi connectivity index (χ3n) is 6.74. The summed E-state index contributed by atoms with van der Waals surface area (Å²) >= 11 is 0. The van der Waals surface area contributed by atoms with Gasteiger partial charge in [-0.2, -0.15) is 0 Å². The van der Waals surface area contributed by atoms with Crippen molar-refractivity contribution in [2.24, 2.45) is 5.92 Å². The highest BCUT2D eigenvalue weighted by Crippen LogP contribution is 2.61. The van der Waals surface area contributed by atoms with Crippen LogP contribution in [0.25, 0.3) is 0 Å². The van der Waals surface area contributed by atoms with Crippen molar-refractivity contribution >= 4 is 16.1 Å². The Labute approximate surface area is 175 Å². The van der Waals surface area contributed by atoms with Gasteiger partial charge in [0.05, 0.1) is 37.4 Å². The molecule has 1 aromatic rings. The fourth-order valence-electron chi connectivity index (χ4n) is 5.28. The number of likely N-dealkylation sites (tertiary alicyclic amines) is 1. The van der Waals surface area contributed by atoms with Gasteiger partial charge in [-0.05, 0) is 44.9 Å². The molecule has 166 valence electrons. The first kappa shape index (κ1) is 21.4. The Hall–Kier alpha value is -1.85. The summed E-state index contributed by atoms with van der Waals surface area (Å²) in [5.74, 6) is 0.603. The van der Waals surface area contributed by atoms with E-state index >= 15 is 0 Å². The van der Waals surface area contributed by atoms with Crippen LogP contribution in [0.1, 0.15) is 44.9 Å². The van der Waals surface area contributed by atoms with E-state index in [1.807, 2.05) is 0 Å². The number of aromatic nitrogens is 2. The molecular weight excluding hydrogens is 415 g/mol. The topological polar surface area (TPSA) is 122 Å². The fraction of sp³-hybridized carbons (Fsp3) is 0.737. The van der Waals surface area contributed by atoms with Crippen LogP contribution in [0.3, 0.4) is 0 Å². The van der Waals surface area contributed by atoms with E-state index in [1.165, 1.54) is 17.3 Å². The molecule has 1 aromatic heterocycles. The van der Waals surface area contributed by atoms with Crippen LogP contribution in [-0.4, -0.2) is 71.6 Å². The number of halogens is 1. The second-order valence-electron chi connectivity index (χ2n) is 8.85.